The number of carbonyl (C=O) groups is 1. The molecule has 2 aromatic rings. The highest BCUT2D eigenvalue weighted by Crippen LogP contribution is 2.23. The molecule has 1 amide bonds. The van der Waals surface area contributed by atoms with E-state index in [1.54, 1.807) is 17.1 Å². The quantitative estimate of drug-likeness (QED) is 0.881. The smallest absolute Gasteiger partial charge is 0.258 e. The van der Waals surface area contributed by atoms with E-state index in [1.165, 1.54) is 0 Å². The molecule has 7 nitrogen and oxygen atoms in total. The fraction of sp³-hybridized carbons (Fsp3) is 0.500. The number of carbonyl (C=O) groups excluding carboxylic acids is 1. The minimum atomic E-state index is -0.0501. The van der Waals surface area contributed by atoms with E-state index in [1.807, 2.05) is 36.7 Å². The third kappa shape index (κ3) is 2.86. The summed E-state index contributed by atoms with van der Waals surface area (Å²) in [6.07, 6.45) is 5.46. The molecule has 0 spiro atoms. The van der Waals surface area contributed by atoms with E-state index in [2.05, 4.69) is 15.4 Å². The Bertz CT molecular complexity index is 664. The predicted octanol–water partition coefficient (Wildman–Crippen LogP) is 0.671. The first kappa shape index (κ1) is 16.5. The average molecular weight is 325 g/mol. The van der Waals surface area contributed by atoms with Crippen LogP contribution in [0.4, 0.5) is 0 Å². The van der Waals surface area contributed by atoms with Crippen LogP contribution in [0.25, 0.3) is 0 Å². The third-order valence-electron chi connectivity index (χ3n) is 3.90. The van der Waals surface area contributed by atoms with E-state index in [-0.39, 0.29) is 24.4 Å². The molecule has 0 aliphatic carbocycles. The van der Waals surface area contributed by atoms with Gasteiger partial charge in [0.15, 0.2) is 0 Å². The van der Waals surface area contributed by atoms with Gasteiger partial charge in [-0.25, -0.2) is 4.98 Å². The normalized spacial score (nSPS) is 18.1. The fourth-order valence-electron chi connectivity index (χ4n) is 2.84. The van der Waals surface area contributed by atoms with Gasteiger partial charge < -0.3 is 14.8 Å². The zero-order chi connectivity index (χ0) is 15.0. The molecule has 120 valence electrons. The van der Waals surface area contributed by atoms with Gasteiger partial charge in [-0.05, 0) is 6.92 Å². The number of piperazine rings is 1. The van der Waals surface area contributed by atoms with Crippen LogP contribution in [0.15, 0.2) is 18.6 Å². The lowest BCUT2D eigenvalue weighted by atomic mass is 10.1. The molecule has 1 aliphatic rings. The van der Waals surface area contributed by atoms with Gasteiger partial charge in [-0.15, -0.1) is 12.4 Å². The van der Waals surface area contributed by atoms with Crippen molar-refractivity contribution in [3.63, 3.8) is 0 Å². The highest BCUT2D eigenvalue weighted by Gasteiger charge is 2.32. The van der Waals surface area contributed by atoms with Crippen LogP contribution in [0.2, 0.25) is 0 Å². The van der Waals surface area contributed by atoms with Crippen molar-refractivity contribution in [3.8, 4) is 0 Å². The summed E-state index contributed by atoms with van der Waals surface area (Å²) < 4.78 is 3.65. The molecule has 0 bridgehead atoms. The molecule has 22 heavy (non-hydrogen) atoms. The van der Waals surface area contributed by atoms with E-state index in [0.29, 0.717) is 12.1 Å². The largest absolute Gasteiger partial charge is 0.336 e. The van der Waals surface area contributed by atoms with Crippen molar-refractivity contribution in [2.24, 2.45) is 14.1 Å². The molecular formula is C14H21ClN6O. The summed E-state index contributed by atoms with van der Waals surface area (Å²) in [6.45, 7) is 4.05. The summed E-state index contributed by atoms with van der Waals surface area (Å²) in [4.78, 5) is 19.2. The highest BCUT2D eigenvalue weighted by molar-refractivity contribution is 5.95. The van der Waals surface area contributed by atoms with Crippen molar-refractivity contribution in [1.82, 2.24) is 29.5 Å². The number of aryl methyl sites for hydroxylation is 3. The number of aromatic nitrogens is 4. The Morgan fingerprint density at radius 1 is 1.41 bits per heavy atom. The zero-order valence-corrected chi connectivity index (χ0v) is 13.8. The van der Waals surface area contributed by atoms with E-state index >= 15 is 0 Å². The summed E-state index contributed by atoms with van der Waals surface area (Å²) in [6, 6.07) is -0.0501. The Morgan fingerprint density at radius 2 is 2.18 bits per heavy atom. The number of nitrogens with zero attached hydrogens (tertiary/aromatic N) is 5. The maximum atomic E-state index is 12.9. The highest BCUT2D eigenvalue weighted by atomic mass is 35.5. The molecule has 1 atom stereocenters. The molecular weight excluding hydrogens is 304 g/mol. The lowest BCUT2D eigenvalue weighted by Gasteiger charge is -2.35. The van der Waals surface area contributed by atoms with Crippen molar-refractivity contribution in [3.05, 3.63) is 35.7 Å². The minimum Gasteiger partial charge on any atom is -0.336 e. The topological polar surface area (TPSA) is 68.0 Å². The first-order valence-electron chi connectivity index (χ1n) is 7.07. The van der Waals surface area contributed by atoms with Crippen molar-refractivity contribution in [1.29, 1.82) is 0 Å². The van der Waals surface area contributed by atoms with Crippen LogP contribution in [-0.2, 0) is 14.1 Å². The number of rotatable bonds is 2. The Labute approximate surface area is 135 Å². The average Bonchev–Trinajstić information content (AvgIpc) is 3.03. The van der Waals surface area contributed by atoms with Gasteiger partial charge in [-0.3, -0.25) is 9.48 Å². The molecule has 0 radical (unpaired) electrons. The molecule has 3 rings (SSSR count). The summed E-state index contributed by atoms with van der Waals surface area (Å²) in [5.74, 6) is 0.923. The van der Waals surface area contributed by atoms with Crippen LogP contribution in [0, 0.1) is 6.92 Å². The van der Waals surface area contributed by atoms with Gasteiger partial charge >= 0.3 is 0 Å². The van der Waals surface area contributed by atoms with Gasteiger partial charge in [0, 0.05) is 52.3 Å². The second-order valence-corrected chi connectivity index (χ2v) is 5.42. The summed E-state index contributed by atoms with van der Waals surface area (Å²) >= 11 is 0. The molecule has 1 fully saturated rings. The minimum absolute atomic E-state index is 0. The van der Waals surface area contributed by atoms with Gasteiger partial charge in [0.2, 0.25) is 0 Å². The van der Waals surface area contributed by atoms with Gasteiger partial charge in [0.25, 0.3) is 5.91 Å². The van der Waals surface area contributed by atoms with E-state index in [9.17, 15) is 4.79 Å². The second-order valence-electron chi connectivity index (χ2n) is 5.42. The number of amides is 1. The summed E-state index contributed by atoms with van der Waals surface area (Å²) in [5, 5.41) is 7.60. The molecule has 1 N–H and O–H groups in total. The van der Waals surface area contributed by atoms with Crippen molar-refractivity contribution in [2.45, 2.75) is 13.0 Å². The van der Waals surface area contributed by atoms with Crippen molar-refractivity contribution in [2.75, 3.05) is 19.6 Å². The summed E-state index contributed by atoms with van der Waals surface area (Å²) in [5.41, 5.74) is 1.43. The number of hydrogen-bond acceptors (Lipinski definition) is 4. The number of imidazole rings is 1. The van der Waals surface area contributed by atoms with E-state index < -0.39 is 0 Å². The fourth-order valence-corrected chi connectivity index (χ4v) is 2.84. The molecule has 2 aromatic heterocycles. The SMILES string of the molecule is Cc1nn(C)cc1C(=O)N1CCNCC1c1nccn1C.Cl. The maximum Gasteiger partial charge on any atom is 0.258 e. The Morgan fingerprint density at radius 3 is 2.77 bits per heavy atom. The Hall–Kier alpha value is -1.86. The van der Waals surface area contributed by atoms with E-state index in [4.69, 9.17) is 0 Å². The Balaban J connectivity index is 0.00000176. The van der Waals surface area contributed by atoms with Gasteiger partial charge in [0.1, 0.15) is 11.9 Å². The van der Waals surface area contributed by atoms with Crippen molar-refractivity contribution >= 4 is 18.3 Å². The second kappa shape index (κ2) is 6.50. The molecule has 1 aliphatic heterocycles. The van der Waals surface area contributed by atoms with Crippen LogP contribution in [0.1, 0.15) is 27.9 Å². The number of nitrogens with one attached hydrogen (secondary N) is 1. The van der Waals surface area contributed by atoms with Crippen LogP contribution < -0.4 is 5.32 Å². The van der Waals surface area contributed by atoms with Gasteiger partial charge in [0.05, 0.1) is 11.3 Å². The van der Waals surface area contributed by atoms with Crippen LogP contribution in [-0.4, -0.2) is 49.8 Å². The molecule has 0 saturated carbocycles. The standard InChI is InChI=1S/C14H20N6O.ClH/c1-10-11(9-19(3)17-10)14(21)20-7-4-15-8-12(20)13-16-5-6-18(13)2;/h5-6,9,12,15H,4,7-8H2,1-3H3;1H. The third-order valence-corrected chi connectivity index (χ3v) is 3.90. The first-order chi connectivity index (χ1) is 10.1. The van der Waals surface area contributed by atoms with Crippen LogP contribution in [0.5, 0.6) is 0 Å². The number of hydrogen-bond donors (Lipinski definition) is 1. The lowest BCUT2D eigenvalue weighted by Crippen LogP contribution is -2.49. The monoisotopic (exact) mass is 324 g/mol. The molecule has 1 saturated heterocycles. The Kier molecular flexibility index (Phi) is 4.87. The lowest BCUT2D eigenvalue weighted by molar-refractivity contribution is 0.0620. The number of halogens is 1. The zero-order valence-electron chi connectivity index (χ0n) is 13.0. The van der Waals surface area contributed by atoms with Crippen molar-refractivity contribution < 1.29 is 4.79 Å². The molecule has 3 heterocycles. The van der Waals surface area contributed by atoms with Crippen LogP contribution >= 0.6 is 12.4 Å². The van der Waals surface area contributed by atoms with E-state index in [0.717, 1.165) is 24.6 Å². The maximum absolute atomic E-state index is 12.9. The predicted molar refractivity (Wildman–Crippen MR) is 85.0 cm³/mol. The summed E-state index contributed by atoms with van der Waals surface area (Å²) in [7, 11) is 3.78. The van der Waals surface area contributed by atoms with Gasteiger partial charge in [-0.1, -0.05) is 0 Å². The first-order valence-corrected chi connectivity index (χ1v) is 7.07. The molecule has 8 heteroatoms. The molecule has 1 unspecified atom stereocenters. The van der Waals surface area contributed by atoms with Gasteiger partial charge in [-0.2, -0.15) is 5.10 Å². The van der Waals surface area contributed by atoms with Crippen LogP contribution in [0.3, 0.4) is 0 Å². The molecule has 0 aromatic carbocycles.